The predicted molar refractivity (Wildman–Crippen MR) is 52.5 cm³/mol. The van der Waals surface area contributed by atoms with Crippen molar-refractivity contribution < 1.29 is 22.7 Å². The van der Waals surface area contributed by atoms with Gasteiger partial charge in [0.25, 0.3) is 0 Å². The summed E-state index contributed by atoms with van der Waals surface area (Å²) in [6.45, 7) is 0. The summed E-state index contributed by atoms with van der Waals surface area (Å²) in [4.78, 5) is 11.2. The van der Waals surface area contributed by atoms with Gasteiger partial charge in [0.05, 0.1) is 28.8 Å². The highest BCUT2D eigenvalue weighted by Gasteiger charge is 2.33. The van der Waals surface area contributed by atoms with Gasteiger partial charge < -0.3 is 4.74 Å². The summed E-state index contributed by atoms with van der Waals surface area (Å²) in [5.74, 6) is -1.05. The van der Waals surface area contributed by atoms with Gasteiger partial charge >= 0.3 is 12.1 Å². The molecule has 0 atom stereocenters. The van der Waals surface area contributed by atoms with E-state index in [2.05, 4.69) is 4.74 Å². The molecule has 7 heteroatoms. The molecule has 0 bridgehead atoms. The van der Waals surface area contributed by atoms with Crippen LogP contribution < -0.4 is 0 Å². The minimum absolute atomic E-state index is 0.341. The number of carbonyl (C=O) groups is 1. The van der Waals surface area contributed by atoms with Gasteiger partial charge in [0, 0.05) is 0 Å². The number of esters is 1. The van der Waals surface area contributed by atoms with Gasteiger partial charge in [-0.05, 0) is 12.1 Å². The zero-order chi connectivity index (χ0) is 13.2. The van der Waals surface area contributed by atoms with Crippen LogP contribution in [0.15, 0.2) is 12.1 Å². The molecule has 17 heavy (non-hydrogen) atoms. The number of halogens is 4. The zero-order valence-corrected chi connectivity index (χ0v) is 9.19. The highest BCUT2D eigenvalue weighted by molar-refractivity contribution is 6.32. The van der Waals surface area contributed by atoms with Gasteiger partial charge in [-0.2, -0.15) is 18.4 Å². The number of benzene rings is 1. The Kier molecular flexibility index (Phi) is 3.63. The van der Waals surface area contributed by atoms with Crippen molar-refractivity contribution in [2.24, 2.45) is 0 Å². The first-order valence-corrected chi connectivity index (χ1v) is 4.58. The molecule has 1 aromatic rings. The molecule has 0 fully saturated rings. The first-order chi connectivity index (χ1) is 7.81. The maximum absolute atomic E-state index is 12.5. The topological polar surface area (TPSA) is 50.1 Å². The summed E-state index contributed by atoms with van der Waals surface area (Å²) < 4.78 is 41.7. The summed E-state index contributed by atoms with van der Waals surface area (Å²) in [6.07, 6.45) is -4.65. The second-order valence-corrected chi connectivity index (χ2v) is 3.39. The number of methoxy groups -OCH3 is 1. The van der Waals surface area contributed by atoms with E-state index in [1.54, 1.807) is 6.07 Å². The average molecular weight is 264 g/mol. The molecule has 0 unspecified atom stereocenters. The number of hydrogen-bond acceptors (Lipinski definition) is 3. The number of nitriles is 1. The maximum atomic E-state index is 12.5. The number of rotatable bonds is 1. The molecule has 0 aliphatic heterocycles. The molecule has 0 heterocycles. The number of hydrogen-bond donors (Lipinski definition) is 0. The Morgan fingerprint density at radius 2 is 2.06 bits per heavy atom. The summed E-state index contributed by atoms with van der Waals surface area (Å²) in [5.41, 5.74) is -1.96. The van der Waals surface area contributed by atoms with Gasteiger partial charge in [-0.3, -0.25) is 0 Å². The lowest BCUT2D eigenvalue weighted by Gasteiger charge is -2.10. The normalized spacial score (nSPS) is 10.8. The lowest BCUT2D eigenvalue weighted by molar-refractivity contribution is -0.137. The highest BCUT2D eigenvalue weighted by atomic mass is 35.5. The number of ether oxygens (including phenoxy) is 1. The van der Waals surface area contributed by atoms with E-state index >= 15 is 0 Å². The van der Waals surface area contributed by atoms with Gasteiger partial charge in [0.1, 0.15) is 6.07 Å². The summed E-state index contributed by atoms with van der Waals surface area (Å²) in [5, 5.41) is 8.27. The van der Waals surface area contributed by atoms with Crippen molar-refractivity contribution in [2.45, 2.75) is 6.18 Å². The first kappa shape index (κ1) is 13.3. The molecule has 3 nitrogen and oxygen atoms in total. The van der Waals surface area contributed by atoms with E-state index in [0.717, 1.165) is 7.11 Å². The molecular weight excluding hydrogens is 259 g/mol. The fourth-order valence-electron chi connectivity index (χ4n) is 1.15. The van der Waals surface area contributed by atoms with Crippen molar-refractivity contribution in [1.29, 1.82) is 5.26 Å². The largest absolute Gasteiger partial charge is 0.465 e. The average Bonchev–Trinajstić information content (AvgIpc) is 2.25. The van der Waals surface area contributed by atoms with Crippen molar-refractivity contribution in [3.8, 4) is 6.07 Å². The monoisotopic (exact) mass is 263 g/mol. The van der Waals surface area contributed by atoms with Crippen molar-refractivity contribution >= 4 is 17.6 Å². The third-order valence-electron chi connectivity index (χ3n) is 1.93. The summed E-state index contributed by atoms with van der Waals surface area (Å²) in [6, 6.07) is 2.69. The molecule has 0 aliphatic rings. The third-order valence-corrected chi connectivity index (χ3v) is 2.23. The molecule has 1 aromatic carbocycles. The Morgan fingerprint density at radius 3 is 2.47 bits per heavy atom. The molecule has 0 amide bonds. The Balaban J connectivity index is 3.51. The standard InChI is InChI=1S/C10H5ClF3NO2/c1-17-9(16)6-2-5(10(12,13)14)3-8(11)7(6)4-15/h2-3H,1H3. The van der Waals surface area contributed by atoms with Crippen molar-refractivity contribution in [2.75, 3.05) is 7.11 Å². The van der Waals surface area contributed by atoms with Crippen LogP contribution >= 0.6 is 11.6 Å². The number of carbonyl (C=O) groups excluding carboxylic acids is 1. The van der Waals surface area contributed by atoms with Crippen LogP contribution in [0.5, 0.6) is 0 Å². The highest BCUT2D eigenvalue weighted by Crippen LogP contribution is 2.33. The van der Waals surface area contributed by atoms with Crippen LogP contribution in [0.4, 0.5) is 13.2 Å². The Morgan fingerprint density at radius 1 is 1.47 bits per heavy atom. The van der Waals surface area contributed by atoms with Gasteiger partial charge in [-0.1, -0.05) is 11.6 Å². The minimum atomic E-state index is -4.65. The van der Waals surface area contributed by atoms with Crippen LogP contribution in [0.25, 0.3) is 0 Å². The fourth-order valence-corrected chi connectivity index (χ4v) is 1.42. The molecule has 0 aromatic heterocycles. The van der Waals surface area contributed by atoms with E-state index in [0.29, 0.717) is 12.1 Å². The van der Waals surface area contributed by atoms with E-state index in [1.165, 1.54) is 0 Å². The SMILES string of the molecule is COC(=O)c1cc(C(F)(F)F)cc(Cl)c1C#N. The quantitative estimate of drug-likeness (QED) is 0.732. The van der Waals surface area contributed by atoms with E-state index < -0.39 is 28.3 Å². The molecule has 1 rings (SSSR count). The smallest absolute Gasteiger partial charge is 0.416 e. The van der Waals surface area contributed by atoms with Crippen LogP contribution in [0.1, 0.15) is 21.5 Å². The minimum Gasteiger partial charge on any atom is -0.465 e. The molecule has 0 aliphatic carbocycles. The van der Waals surface area contributed by atoms with E-state index in [4.69, 9.17) is 16.9 Å². The zero-order valence-electron chi connectivity index (χ0n) is 8.43. The van der Waals surface area contributed by atoms with Crippen molar-refractivity contribution in [1.82, 2.24) is 0 Å². The van der Waals surface area contributed by atoms with Gasteiger partial charge in [0.15, 0.2) is 0 Å². The second-order valence-electron chi connectivity index (χ2n) is 2.98. The summed E-state index contributed by atoms with van der Waals surface area (Å²) in [7, 11) is 0.998. The number of nitrogens with zero attached hydrogens (tertiary/aromatic N) is 1. The van der Waals surface area contributed by atoms with Crippen LogP contribution in [0, 0.1) is 11.3 Å². The van der Waals surface area contributed by atoms with Crippen LogP contribution in [-0.2, 0) is 10.9 Å². The molecule has 90 valence electrons. The molecule has 0 radical (unpaired) electrons. The lowest BCUT2D eigenvalue weighted by atomic mass is 10.0. The second kappa shape index (κ2) is 4.63. The van der Waals surface area contributed by atoms with E-state index in [-0.39, 0.29) is 5.56 Å². The maximum Gasteiger partial charge on any atom is 0.416 e. The van der Waals surface area contributed by atoms with Gasteiger partial charge in [0.2, 0.25) is 0 Å². The van der Waals surface area contributed by atoms with Gasteiger partial charge in [-0.15, -0.1) is 0 Å². The Hall–Kier alpha value is -1.74. The Bertz CT molecular complexity index is 505. The lowest BCUT2D eigenvalue weighted by Crippen LogP contribution is -2.11. The molecule has 0 N–H and O–H groups in total. The van der Waals surface area contributed by atoms with Crippen molar-refractivity contribution in [3.63, 3.8) is 0 Å². The molecule has 0 saturated carbocycles. The molecule has 0 spiro atoms. The van der Waals surface area contributed by atoms with Gasteiger partial charge in [-0.25, -0.2) is 4.79 Å². The van der Waals surface area contributed by atoms with E-state index in [9.17, 15) is 18.0 Å². The third kappa shape index (κ3) is 2.68. The van der Waals surface area contributed by atoms with Crippen LogP contribution in [0.2, 0.25) is 5.02 Å². The Labute approximate surface area is 99.4 Å². The predicted octanol–water partition coefficient (Wildman–Crippen LogP) is 3.02. The molecular formula is C10H5ClF3NO2. The van der Waals surface area contributed by atoms with Crippen molar-refractivity contribution in [3.05, 3.63) is 33.8 Å². The summed E-state index contributed by atoms with van der Waals surface area (Å²) >= 11 is 5.51. The number of alkyl halides is 3. The van der Waals surface area contributed by atoms with E-state index in [1.807, 2.05) is 0 Å². The fraction of sp³-hybridized carbons (Fsp3) is 0.200. The van der Waals surface area contributed by atoms with Crippen LogP contribution in [0.3, 0.4) is 0 Å². The van der Waals surface area contributed by atoms with Crippen LogP contribution in [-0.4, -0.2) is 13.1 Å². The molecule has 0 saturated heterocycles. The first-order valence-electron chi connectivity index (χ1n) is 4.20.